The van der Waals surface area contributed by atoms with Crippen LogP contribution in [0.3, 0.4) is 0 Å². The van der Waals surface area contributed by atoms with Gasteiger partial charge in [0, 0.05) is 18.0 Å². The molecule has 0 aromatic carbocycles. The monoisotopic (exact) mass is 233 g/mol. The van der Waals surface area contributed by atoms with E-state index in [9.17, 15) is 0 Å². The lowest BCUT2D eigenvalue weighted by atomic mass is 9.79. The van der Waals surface area contributed by atoms with Gasteiger partial charge in [-0.25, -0.2) is 9.50 Å². The number of rotatable bonds is 1. The van der Waals surface area contributed by atoms with Crippen LogP contribution in [0.25, 0.3) is 5.65 Å². The summed E-state index contributed by atoms with van der Waals surface area (Å²) in [5.74, 6) is 0.627. The molecule has 2 heterocycles. The molecular formula is C12H12ClN3. The van der Waals surface area contributed by atoms with Gasteiger partial charge in [-0.1, -0.05) is 18.0 Å². The molecule has 16 heavy (non-hydrogen) atoms. The molecular weight excluding hydrogens is 222 g/mol. The summed E-state index contributed by atoms with van der Waals surface area (Å²) in [5, 5.41) is 5.01. The van der Waals surface area contributed by atoms with Crippen LogP contribution in [-0.2, 0) is 0 Å². The Morgan fingerprint density at radius 1 is 1.44 bits per heavy atom. The lowest BCUT2D eigenvalue weighted by molar-refractivity contribution is 0.277. The Labute approximate surface area is 98.4 Å². The lowest BCUT2D eigenvalue weighted by Crippen LogP contribution is -2.14. The van der Waals surface area contributed by atoms with E-state index in [0.29, 0.717) is 11.3 Å². The second kappa shape index (κ2) is 2.77. The van der Waals surface area contributed by atoms with Crippen molar-refractivity contribution < 1.29 is 0 Å². The first-order chi connectivity index (χ1) is 7.80. The van der Waals surface area contributed by atoms with Crippen LogP contribution in [0.1, 0.15) is 37.2 Å². The zero-order valence-corrected chi connectivity index (χ0v) is 9.61. The van der Waals surface area contributed by atoms with E-state index in [4.69, 9.17) is 11.6 Å². The standard InChI is InChI=1S/C12H12ClN3/c13-9-7-15-16-5-4-14-11(16)10(9)8-6-12(8)2-1-3-12/h4-5,7-8H,1-3,6H2. The van der Waals surface area contributed by atoms with Crippen molar-refractivity contribution in [3.63, 3.8) is 0 Å². The first-order valence-electron chi connectivity index (χ1n) is 5.78. The molecule has 1 spiro atoms. The number of imidazole rings is 1. The molecule has 1 atom stereocenters. The summed E-state index contributed by atoms with van der Waals surface area (Å²) in [4.78, 5) is 4.38. The molecule has 0 bridgehead atoms. The average Bonchev–Trinajstić information content (AvgIpc) is 2.80. The summed E-state index contributed by atoms with van der Waals surface area (Å²) in [6, 6.07) is 0. The molecule has 82 valence electrons. The van der Waals surface area contributed by atoms with Crippen LogP contribution in [0.15, 0.2) is 18.6 Å². The summed E-state index contributed by atoms with van der Waals surface area (Å²) in [7, 11) is 0. The molecule has 2 fully saturated rings. The molecule has 4 rings (SSSR count). The predicted octanol–water partition coefficient (Wildman–Crippen LogP) is 3.04. The van der Waals surface area contributed by atoms with E-state index in [1.165, 1.54) is 31.2 Å². The van der Waals surface area contributed by atoms with Crippen molar-refractivity contribution in [3.05, 3.63) is 29.2 Å². The molecule has 2 aromatic heterocycles. The van der Waals surface area contributed by atoms with Gasteiger partial charge >= 0.3 is 0 Å². The Morgan fingerprint density at radius 3 is 3.00 bits per heavy atom. The molecule has 0 N–H and O–H groups in total. The quantitative estimate of drug-likeness (QED) is 0.758. The van der Waals surface area contributed by atoms with E-state index in [1.54, 1.807) is 12.4 Å². The number of fused-ring (bicyclic) bond motifs is 1. The highest BCUT2D eigenvalue weighted by molar-refractivity contribution is 6.31. The third kappa shape index (κ3) is 0.995. The average molecular weight is 234 g/mol. The fraction of sp³-hybridized carbons (Fsp3) is 0.500. The molecule has 3 nitrogen and oxygen atoms in total. The highest BCUT2D eigenvalue weighted by Gasteiger charge is 2.59. The minimum Gasteiger partial charge on any atom is -0.235 e. The van der Waals surface area contributed by atoms with Gasteiger partial charge in [0.15, 0.2) is 5.65 Å². The van der Waals surface area contributed by atoms with Gasteiger partial charge < -0.3 is 0 Å². The topological polar surface area (TPSA) is 30.2 Å². The predicted molar refractivity (Wildman–Crippen MR) is 61.6 cm³/mol. The van der Waals surface area contributed by atoms with Crippen molar-refractivity contribution in [3.8, 4) is 0 Å². The van der Waals surface area contributed by atoms with E-state index in [0.717, 1.165) is 10.7 Å². The second-order valence-electron chi connectivity index (χ2n) is 5.07. The SMILES string of the molecule is Clc1cnn2ccnc2c1C1CC12CCC2. The first-order valence-corrected chi connectivity index (χ1v) is 6.16. The van der Waals surface area contributed by atoms with Crippen molar-refractivity contribution >= 4 is 17.2 Å². The summed E-state index contributed by atoms with van der Waals surface area (Å²) in [5.41, 5.74) is 2.75. The van der Waals surface area contributed by atoms with E-state index < -0.39 is 0 Å². The largest absolute Gasteiger partial charge is 0.235 e. The van der Waals surface area contributed by atoms with Gasteiger partial charge in [0.25, 0.3) is 0 Å². The van der Waals surface area contributed by atoms with Crippen LogP contribution in [-0.4, -0.2) is 14.6 Å². The smallest absolute Gasteiger partial charge is 0.158 e. The van der Waals surface area contributed by atoms with Crippen molar-refractivity contribution in [1.82, 2.24) is 14.6 Å². The zero-order valence-electron chi connectivity index (χ0n) is 8.86. The maximum atomic E-state index is 6.29. The summed E-state index contributed by atoms with van der Waals surface area (Å²) >= 11 is 6.29. The number of aromatic nitrogens is 3. The number of halogens is 1. The lowest BCUT2D eigenvalue weighted by Gasteiger charge is -2.27. The fourth-order valence-electron chi connectivity index (χ4n) is 3.13. The molecule has 0 amide bonds. The first kappa shape index (κ1) is 8.99. The van der Waals surface area contributed by atoms with Gasteiger partial charge in [-0.2, -0.15) is 5.10 Å². The highest BCUT2D eigenvalue weighted by Crippen LogP contribution is 2.71. The second-order valence-corrected chi connectivity index (χ2v) is 5.48. The molecule has 0 radical (unpaired) electrons. The maximum absolute atomic E-state index is 6.29. The molecule has 2 aliphatic rings. The summed E-state index contributed by atoms with van der Waals surface area (Å²) in [6.07, 6.45) is 10.8. The van der Waals surface area contributed by atoms with Gasteiger partial charge in [0.2, 0.25) is 0 Å². The molecule has 0 aliphatic heterocycles. The van der Waals surface area contributed by atoms with E-state index in [2.05, 4.69) is 10.1 Å². The summed E-state index contributed by atoms with van der Waals surface area (Å²) in [6.45, 7) is 0. The van der Waals surface area contributed by atoms with Crippen molar-refractivity contribution in [1.29, 1.82) is 0 Å². The summed E-state index contributed by atoms with van der Waals surface area (Å²) < 4.78 is 1.83. The maximum Gasteiger partial charge on any atom is 0.158 e. The third-order valence-electron chi connectivity index (χ3n) is 4.30. The van der Waals surface area contributed by atoms with Crippen molar-refractivity contribution in [2.24, 2.45) is 5.41 Å². The van der Waals surface area contributed by atoms with Crippen molar-refractivity contribution in [2.75, 3.05) is 0 Å². The van der Waals surface area contributed by atoms with E-state index in [-0.39, 0.29) is 0 Å². The molecule has 0 saturated heterocycles. The number of hydrogen-bond donors (Lipinski definition) is 0. The van der Waals surface area contributed by atoms with Crippen LogP contribution in [0, 0.1) is 5.41 Å². The Bertz CT molecular complexity index is 571. The molecule has 4 heteroatoms. The Kier molecular flexibility index (Phi) is 1.56. The van der Waals surface area contributed by atoms with Gasteiger partial charge in [-0.3, -0.25) is 0 Å². The highest BCUT2D eigenvalue weighted by atomic mass is 35.5. The molecule has 2 saturated carbocycles. The Balaban J connectivity index is 1.90. The zero-order chi connectivity index (χ0) is 10.8. The Morgan fingerprint density at radius 2 is 2.31 bits per heavy atom. The minimum atomic E-state index is 0.581. The van der Waals surface area contributed by atoms with E-state index >= 15 is 0 Å². The molecule has 1 unspecified atom stereocenters. The molecule has 2 aromatic rings. The van der Waals surface area contributed by atoms with Crippen LogP contribution < -0.4 is 0 Å². The normalized spacial score (nSPS) is 25.9. The van der Waals surface area contributed by atoms with Crippen LogP contribution in [0.4, 0.5) is 0 Å². The number of hydrogen-bond acceptors (Lipinski definition) is 2. The van der Waals surface area contributed by atoms with Gasteiger partial charge in [-0.15, -0.1) is 0 Å². The van der Waals surface area contributed by atoms with E-state index in [1.807, 2.05) is 10.7 Å². The number of nitrogens with zero attached hydrogens (tertiary/aromatic N) is 3. The van der Waals surface area contributed by atoms with Crippen LogP contribution >= 0.6 is 11.6 Å². The molecule has 2 aliphatic carbocycles. The third-order valence-corrected chi connectivity index (χ3v) is 4.60. The fourth-order valence-corrected chi connectivity index (χ4v) is 3.39. The van der Waals surface area contributed by atoms with Gasteiger partial charge in [-0.05, 0) is 30.6 Å². The van der Waals surface area contributed by atoms with Crippen LogP contribution in [0.5, 0.6) is 0 Å². The van der Waals surface area contributed by atoms with Crippen LogP contribution in [0.2, 0.25) is 5.02 Å². The Hall–Kier alpha value is -1.09. The van der Waals surface area contributed by atoms with Crippen molar-refractivity contribution in [2.45, 2.75) is 31.6 Å². The van der Waals surface area contributed by atoms with Gasteiger partial charge in [0.1, 0.15) is 0 Å². The minimum absolute atomic E-state index is 0.581. The van der Waals surface area contributed by atoms with Gasteiger partial charge in [0.05, 0.1) is 11.2 Å².